The van der Waals surface area contributed by atoms with E-state index in [2.05, 4.69) is 30.8 Å². The van der Waals surface area contributed by atoms with Gasteiger partial charge in [-0.25, -0.2) is 0 Å². The van der Waals surface area contributed by atoms with E-state index in [0.717, 1.165) is 11.1 Å². The van der Waals surface area contributed by atoms with Crippen molar-refractivity contribution in [2.45, 2.75) is 13.5 Å². The molecule has 0 aliphatic heterocycles. The second-order valence-corrected chi connectivity index (χ2v) is 6.13. The fourth-order valence-corrected chi connectivity index (χ4v) is 2.74. The number of aryl methyl sites for hydroxylation is 2. The first-order valence-electron chi connectivity index (χ1n) is 8.24. The van der Waals surface area contributed by atoms with Crippen LogP contribution in [0, 0.1) is 6.92 Å². The molecule has 0 saturated carbocycles. The van der Waals surface area contributed by atoms with Gasteiger partial charge in [-0.05, 0) is 18.6 Å². The van der Waals surface area contributed by atoms with Gasteiger partial charge < -0.3 is 9.26 Å². The Bertz CT molecular complexity index is 1210. The van der Waals surface area contributed by atoms with Crippen LogP contribution in [0.5, 0.6) is 5.88 Å². The third-order valence-electron chi connectivity index (χ3n) is 4.09. The van der Waals surface area contributed by atoms with Crippen molar-refractivity contribution in [3.8, 4) is 17.4 Å². The molecule has 1 aliphatic rings. The predicted octanol–water partition coefficient (Wildman–Crippen LogP) is 1.75. The molecule has 134 valence electrons. The van der Waals surface area contributed by atoms with Crippen LogP contribution in [0.25, 0.3) is 22.7 Å². The zero-order valence-electron chi connectivity index (χ0n) is 14.6. The van der Waals surface area contributed by atoms with Crippen LogP contribution in [0.3, 0.4) is 0 Å². The number of rotatable bonds is 5. The summed E-state index contributed by atoms with van der Waals surface area (Å²) >= 11 is 0. The lowest BCUT2D eigenvalue weighted by molar-refractivity contribution is 0.283. The SMILES string of the molecule is Cc1cc(-c2nnc3cc(C4=CC=C4)c(OCc4cn(C)nn4)nn23)no1. The van der Waals surface area contributed by atoms with E-state index in [1.807, 2.05) is 31.2 Å². The Balaban J connectivity index is 1.57. The Morgan fingerprint density at radius 1 is 1.19 bits per heavy atom. The maximum Gasteiger partial charge on any atom is 0.240 e. The van der Waals surface area contributed by atoms with Gasteiger partial charge in [-0.3, -0.25) is 4.68 Å². The van der Waals surface area contributed by atoms with Crippen LogP contribution in [0.15, 0.2) is 41.1 Å². The van der Waals surface area contributed by atoms with Crippen molar-refractivity contribution in [1.29, 1.82) is 0 Å². The second-order valence-electron chi connectivity index (χ2n) is 6.13. The van der Waals surface area contributed by atoms with Gasteiger partial charge in [-0.2, -0.15) is 4.52 Å². The minimum atomic E-state index is 0.247. The molecule has 0 fully saturated rings. The smallest absolute Gasteiger partial charge is 0.240 e. The number of ether oxygens (including phenoxy) is 1. The van der Waals surface area contributed by atoms with Crippen molar-refractivity contribution in [1.82, 2.24) is 40.0 Å². The Labute approximate surface area is 152 Å². The van der Waals surface area contributed by atoms with Gasteiger partial charge in [0.1, 0.15) is 18.1 Å². The maximum absolute atomic E-state index is 5.95. The van der Waals surface area contributed by atoms with Crippen LogP contribution in [-0.2, 0) is 13.7 Å². The summed E-state index contributed by atoms with van der Waals surface area (Å²) in [5, 5.41) is 24.9. The standard InChI is InChI=1S/C17H14N8O2/c1-10-6-14(22-27-10)16-20-19-15-7-13(11-4-3-5-11)17(21-25(15)16)26-9-12-8-24(2)23-18-12/h3-8H,9H2,1-2H3. The molecule has 4 aromatic rings. The molecule has 0 bridgehead atoms. The summed E-state index contributed by atoms with van der Waals surface area (Å²) < 4.78 is 14.3. The molecule has 0 amide bonds. The lowest BCUT2D eigenvalue weighted by Gasteiger charge is -2.13. The van der Waals surface area contributed by atoms with Crippen molar-refractivity contribution in [2.75, 3.05) is 0 Å². The molecular weight excluding hydrogens is 348 g/mol. The van der Waals surface area contributed by atoms with Crippen molar-refractivity contribution in [2.24, 2.45) is 7.05 Å². The summed E-state index contributed by atoms with van der Waals surface area (Å²) in [6.45, 7) is 2.06. The highest BCUT2D eigenvalue weighted by Gasteiger charge is 2.19. The van der Waals surface area contributed by atoms with E-state index in [1.54, 1.807) is 28.5 Å². The molecule has 0 atom stereocenters. The number of fused-ring (bicyclic) bond motifs is 1. The van der Waals surface area contributed by atoms with Crippen molar-refractivity contribution in [3.63, 3.8) is 0 Å². The van der Waals surface area contributed by atoms with Gasteiger partial charge in [0.15, 0.2) is 11.3 Å². The summed E-state index contributed by atoms with van der Waals surface area (Å²) in [5.41, 5.74) is 3.71. The summed E-state index contributed by atoms with van der Waals surface area (Å²) in [5.74, 6) is 1.61. The lowest BCUT2D eigenvalue weighted by Crippen LogP contribution is -2.06. The molecule has 0 unspecified atom stereocenters. The molecule has 10 nitrogen and oxygen atoms in total. The molecule has 4 aromatic heterocycles. The fourth-order valence-electron chi connectivity index (χ4n) is 2.74. The van der Waals surface area contributed by atoms with E-state index < -0.39 is 0 Å². The Kier molecular flexibility index (Phi) is 3.35. The average Bonchev–Trinajstić information content (AvgIpc) is 3.31. The number of hydrogen-bond donors (Lipinski definition) is 0. The average molecular weight is 362 g/mol. The molecule has 27 heavy (non-hydrogen) atoms. The van der Waals surface area contributed by atoms with Gasteiger partial charge in [0.25, 0.3) is 0 Å². The number of nitrogens with zero attached hydrogens (tertiary/aromatic N) is 8. The minimum absolute atomic E-state index is 0.247. The van der Waals surface area contributed by atoms with Crippen LogP contribution in [0.1, 0.15) is 17.0 Å². The van der Waals surface area contributed by atoms with Gasteiger partial charge in [0.05, 0.1) is 6.20 Å². The van der Waals surface area contributed by atoms with E-state index in [9.17, 15) is 0 Å². The summed E-state index contributed by atoms with van der Waals surface area (Å²) in [4.78, 5) is 0. The normalized spacial score (nSPS) is 13.0. The molecule has 0 N–H and O–H groups in total. The highest BCUT2D eigenvalue weighted by Crippen LogP contribution is 2.31. The largest absolute Gasteiger partial charge is 0.470 e. The van der Waals surface area contributed by atoms with Crippen LogP contribution in [0.2, 0.25) is 0 Å². The molecule has 10 heteroatoms. The summed E-state index contributed by atoms with van der Waals surface area (Å²) in [6, 6.07) is 3.67. The van der Waals surface area contributed by atoms with Gasteiger partial charge in [0, 0.05) is 18.7 Å². The topological polar surface area (TPSA) is 109 Å². The third-order valence-corrected chi connectivity index (χ3v) is 4.09. The first-order valence-corrected chi connectivity index (χ1v) is 8.24. The first-order chi connectivity index (χ1) is 13.2. The Morgan fingerprint density at radius 3 is 2.74 bits per heavy atom. The predicted molar refractivity (Wildman–Crippen MR) is 93.5 cm³/mol. The van der Waals surface area contributed by atoms with Crippen molar-refractivity contribution < 1.29 is 9.26 Å². The fraction of sp³-hybridized carbons (Fsp3) is 0.176. The van der Waals surface area contributed by atoms with Gasteiger partial charge in [-0.1, -0.05) is 28.6 Å². The van der Waals surface area contributed by atoms with Gasteiger partial charge in [-0.15, -0.1) is 20.4 Å². The van der Waals surface area contributed by atoms with Crippen LogP contribution < -0.4 is 4.74 Å². The van der Waals surface area contributed by atoms with E-state index >= 15 is 0 Å². The van der Waals surface area contributed by atoms with E-state index in [4.69, 9.17) is 9.26 Å². The first kappa shape index (κ1) is 15.4. The molecule has 0 spiro atoms. The lowest BCUT2D eigenvalue weighted by atomic mass is 10.0. The molecule has 5 rings (SSSR count). The molecule has 1 aliphatic carbocycles. The van der Waals surface area contributed by atoms with E-state index in [0.29, 0.717) is 34.5 Å². The van der Waals surface area contributed by atoms with Crippen LogP contribution in [0.4, 0.5) is 0 Å². The van der Waals surface area contributed by atoms with Crippen molar-refractivity contribution >= 4 is 11.2 Å². The number of aromatic nitrogens is 8. The zero-order valence-corrected chi connectivity index (χ0v) is 14.6. The van der Waals surface area contributed by atoms with Crippen LogP contribution >= 0.6 is 0 Å². The molecule has 4 heterocycles. The Morgan fingerprint density at radius 2 is 2.07 bits per heavy atom. The Hall–Kier alpha value is -3.82. The quantitative estimate of drug-likeness (QED) is 0.528. The zero-order chi connectivity index (χ0) is 18.4. The number of allylic oxidation sites excluding steroid dienone is 4. The van der Waals surface area contributed by atoms with Crippen molar-refractivity contribution in [3.05, 3.63) is 53.6 Å². The molecule has 0 saturated heterocycles. The number of hydrogen-bond acceptors (Lipinski definition) is 8. The van der Waals surface area contributed by atoms with E-state index in [1.165, 1.54) is 0 Å². The second kappa shape index (κ2) is 5.87. The monoisotopic (exact) mass is 362 g/mol. The molecular formula is C17H14N8O2. The summed E-state index contributed by atoms with van der Waals surface area (Å²) in [7, 11) is 1.81. The highest BCUT2D eigenvalue weighted by atomic mass is 16.5. The van der Waals surface area contributed by atoms with Crippen LogP contribution in [-0.4, -0.2) is 40.0 Å². The van der Waals surface area contributed by atoms with Gasteiger partial charge in [0.2, 0.25) is 11.7 Å². The highest BCUT2D eigenvalue weighted by molar-refractivity contribution is 5.84. The maximum atomic E-state index is 5.95. The molecule has 0 radical (unpaired) electrons. The third kappa shape index (κ3) is 2.67. The minimum Gasteiger partial charge on any atom is -0.470 e. The van der Waals surface area contributed by atoms with Gasteiger partial charge >= 0.3 is 0 Å². The van der Waals surface area contributed by atoms with E-state index in [-0.39, 0.29) is 6.61 Å². The summed E-state index contributed by atoms with van der Waals surface area (Å²) in [6.07, 6.45) is 7.73. The molecule has 0 aromatic carbocycles.